The Hall–Kier alpha value is -3.88. The molecule has 1 aromatic carbocycles. The summed E-state index contributed by atoms with van der Waals surface area (Å²) in [5, 5.41) is 28.2. The van der Waals surface area contributed by atoms with Crippen molar-refractivity contribution in [3.63, 3.8) is 0 Å². The van der Waals surface area contributed by atoms with Crippen LogP contribution in [0.5, 0.6) is 0 Å². The van der Waals surface area contributed by atoms with Gasteiger partial charge in [-0.15, -0.1) is 10.2 Å². The fourth-order valence-electron chi connectivity index (χ4n) is 6.93. The Labute approximate surface area is 228 Å². The number of carbonyl (C=O) groups is 1. The van der Waals surface area contributed by atoms with E-state index in [9.17, 15) is 28.3 Å². The van der Waals surface area contributed by atoms with Crippen LogP contribution in [0.15, 0.2) is 34.9 Å². The van der Waals surface area contributed by atoms with Gasteiger partial charge in [0.25, 0.3) is 0 Å². The van der Waals surface area contributed by atoms with Gasteiger partial charge in [0.15, 0.2) is 0 Å². The van der Waals surface area contributed by atoms with E-state index in [4.69, 9.17) is 4.42 Å². The maximum Gasteiger partial charge on any atom is 0.407 e. The monoisotopic (exact) mass is 554 g/mol. The molecular weight excluding hydrogens is 525 g/mol. The number of halogens is 3. The third kappa shape index (κ3) is 3.73. The van der Waals surface area contributed by atoms with Crippen molar-refractivity contribution in [2.24, 2.45) is 10.8 Å². The average molecular weight is 555 g/mol. The lowest BCUT2D eigenvalue weighted by Crippen LogP contribution is -2.51. The van der Waals surface area contributed by atoms with E-state index in [1.165, 1.54) is 4.90 Å². The smallest absolute Gasteiger partial charge is 0.407 e. The number of nitriles is 1. The number of rotatable bonds is 3. The van der Waals surface area contributed by atoms with Gasteiger partial charge in [-0.1, -0.05) is 20.8 Å². The molecule has 3 aromatic rings. The second-order valence-electron chi connectivity index (χ2n) is 12.4. The molecule has 2 unspecified atom stereocenters. The number of hydrogen-bond acceptors (Lipinski definition) is 7. The predicted molar refractivity (Wildman–Crippen MR) is 138 cm³/mol. The topological polar surface area (TPSA) is 119 Å². The van der Waals surface area contributed by atoms with Crippen molar-refractivity contribution in [3.05, 3.63) is 47.8 Å². The first-order chi connectivity index (χ1) is 18.8. The van der Waals surface area contributed by atoms with Crippen LogP contribution in [0.3, 0.4) is 0 Å². The summed E-state index contributed by atoms with van der Waals surface area (Å²) >= 11 is 0. The number of fused-ring (bicyclic) bond motifs is 2. The lowest BCUT2D eigenvalue weighted by atomic mass is 9.77. The van der Waals surface area contributed by atoms with Crippen molar-refractivity contribution in [3.8, 4) is 6.07 Å². The number of benzene rings is 1. The highest BCUT2D eigenvalue weighted by molar-refractivity contribution is 5.95. The Morgan fingerprint density at radius 2 is 1.98 bits per heavy atom. The Kier molecular flexibility index (Phi) is 5.64. The van der Waals surface area contributed by atoms with Gasteiger partial charge in [-0.2, -0.15) is 18.4 Å². The molecule has 4 heterocycles. The molecule has 2 aromatic heterocycles. The second kappa shape index (κ2) is 8.56. The predicted octanol–water partition coefficient (Wildman–Crippen LogP) is 5.47. The van der Waals surface area contributed by atoms with Crippen LogP contribution in [-0.4, -0.2) is 63.1 Å². The van der Waals surface area contributed by atoms with E-state index in [0.717, 1.165) is 0 Å². The van der Waals surface area contributed by atoms with Gasteiger partial charge in [-0.25, -0.2) is 4.79 Å². The van der Waals surface area contributed by atoms with Gasteiger partial charge in [-0.05, 0) is 48.9 Å². The Bertz CT molecular complexity index is 1540. The fourth-order valence-corrected chi connectivity index (χ4v) is 6.93. The quantitative estimate of drug-likeness (QED) is 0.453. The highest BCUT2D eigenvalue weighted by atomic mass is 19.4. The SMILES string of the molecule is CC(C)(C)C1CC(c2nnc([C@]34CN(c5ccc(C#N)c6ncccc56)C[C@@]3(C(F)(F)F)C4)o2)CCN1C(=O)O. The van der Waals surface area contributed by atoms with Gasteiger partial charge < -0.3 is 19.3 Å². The molecule has 6 rings (SSSR count). The van der Waals surface area contributed by atoms with Crippen LogP contribution < -0.4 is 4.90 Å². The van der Waals surface area contributed by atoms with Crippen LogP contribution in [-0.2, 0) is 5.41 Å². The van der Waals surface area contributed by atoms with E-state index in [0.29, 0.717) is 35.0 Å². The lowest BCUT2D eigenvalue weighted by molar-refractivity contribution is -0.187. The minimum atomic E-state index is -4.50. The number of nitrogens with zero attached hydrogens (tertiary/aromatic N) is 6. The molecule has 0 bridgehead atoms. The van der Waals surface area contributed by atoms with Crippen molar-refractivity contribution < 1.29 is 27.5 Å². The van der Waals surface area contributed by atoms with E-state index >= 15 is 0 Å². The summed E-state index contributed by atoms with van der Waals surface area (Å²) in [5.41, 5.74) is -2.39. The third-order valence-electron chi connectivity index (χ3n) is 9.11. The first-order valence-electron chi connectivity index (χ1n) is 13.2. The highest BCUT2D eigenvalue weighted by Gasteiger charge is 2.86. The zero-order valence-corrected chi connectivity index (χ0v) is 22.4. The van der Waals surface area contributed by atoms with Crippen LogP contribution in [0.2, 0.25) is 0 Å². The average Bonchev–Trinajstić information content (AvgIpc) is 3.20. The molecule has 2 saturated heterocycles. The number of anilines is 1. The summed E-state index contributed by atoms with van der Waals surface area (Å²) in [4.78, 5) is 19.2. The number of pyridine rings is 1. The molecule has 2 aliphatic heterocycles. The molecule has 4 atom stereocenters. The second-order valence-corrected chi connectivity index (χ2v) is 12.4. The summed E-state index contributed by atoms with van der Waals surface area (Å²) < 4.78 is 50.1. The van der Waals surface area contributed by atoms with E-state index in [1.54, 1.807) is 35.4 Å². The summed E-state index contributed by atoms with van der Waals surface area (Å²) in [5.74, 6) is -0.00736. The van der Waals surface area contributed by atoms with Crippen molar-refractivity contribution in [1.29, 1.82) is 5.26 Å². The molecule has 1 saturated carbocycles. The number of alkyl halides is 3. The summed E-state index contributed by atoms with van der Waals surface area (Å²) in [6.45, 7) is 5.94. The van der Waals surface area contributed by atoms with Gasteiger partial charge in [-0.3, -0.25) is 4.98 Å². The standard InChI is InChI=1S/C28H29F3N6O3/c1-25(2,3)20-11-16(8-10-37(20)24(38)39)22-34-35-23(40-22)26-13-27(26,28(29,30)31)15-36(14-26)19-7-6-17(12-32)21-18(19)5-4-9-33-21/h4-7,9,16,20H,8,10-11,13-15H2,1-3H3,(H,38,39)/t16?,20?,26-,27-/m0/s1. The summed E-state index contributed by atoms with van der Waals surface area (Å²) in [7, 11) is 0. The largest absolute Gasteiger partial charge is 0.465 e. The summed E-state index contributed by atoms with van der Waals surface area (Å²) in [6, 6.07) is 8.51. The molecule has 9 nitrogen and oxygen atoms in total. The molecule has 12 heteroatoms. The zero-order valence-electron chi connectivity index (χ0n) is 22.4. The molecular formula is C28H29F3N6O3. The van der Waals surface area contributed by atoms with Crippen LogP contribution >= 0.6 is 0 Å². The number of likely N-dealkylation sites (tertiary alicyclic amines) is 1. The third-order valence-corrected chi connectivity index (χ3v) is 9.11. The first-order valence-corrected chi connectivity index (χ1v) is 13.2. The van der Waals surface area contributed by atoms with E-state index < -0.39 is 23.1 Å². The maximum atomic E-state index is 14.7. The fraction of sp³-hybridized carbons (Fsp3) is 0.536. The number of aromatic nitrogens is 3. The van der Waals surface area contributed by atoms with Gasteiger partial charge in [0.1, 0.15) is 11.5 Å². The minimum absolute atomic E-state index is 0.0219. The minimum Gasteiger partial charge on any atom is -0.465 e. The molecule has 210 valence electrons. The van der Waals surface area contributed by atoms with Gasteiger partial charge in [0.05, 0.1) is 16.5 Å². The molecule has 1 aliphatic carbocycles. The van der Waals surface area contributed by atoms with E-state index in [2.05, 4.69) is 21.3 Å². The summed E-state index contributed by atoms with van der Waals surface area (Å²) in [6.07, 6.45) is -3.18. The van der Waals surface area contributed by atoms with Gasteiger partial charge in [0, 0.05) is 48.9 Å². The van der Waals surface area contributed by atoms with Crippen LogP contribution in [0.4, 0.5) is 23.7 Å². The van der Waals surface area contributed by atoms with Crippen LogP contribution in [0.1, 0.15) is 63.3 Å². The zero-order chi connectivity index (χ0) is 28.7. The Balaban J connectivity index is 1.33. The maximum absolute atomic E-state index is 14.7. The van der Waals surface area contributed by atoms with E-state index in [1.807, 2.05) is 20.8 Å². The Morgan fingerprint density at radius 1 is 1.20 bits per heavy atom. The first kappa shape index (κ1) is 26.3. The number of piperidine rings is 2. The number of hydrogen-bond donors (Lipinski definition) is 1. The van der Waals surface area contributed by atoms with Crippen molar-refractivity contribution >= 4 is 22.7 Å². The van der Waals surface area contributed by atoms with Crippen molar-refractivity contribution in [2.75, 3.05) is 24.5 Å². The van der Waals surface area contributed by atoms with E-state index in [-0.39, 0.29) is 55.2 Å². The number of amides is 1. The molecule has 1 N–H and O–H groups in total. The van der Waals surface area contributed by atoms with Crippen LogP contribution in [0.25, 0.3) is 10.9 Å². The molecule has 0 radical (unpaired) electrons. The number of carboxylic acid groups (broad SMARTS) is 1. The molecule has 1 amide bonds. The van der Waals surface area contributed by atoms with Gasteiger partial charge in [0.2, 0.25) is 11.8 Å². The lowest BCUT2D eigenvalue weighted by Gasteiger charge is -2.43. The molecule has 3 aliphatic rings. The highest BCUT2D eigenvalue weighted by Crippen LogP contribution is 2.75. The van der Waals surface area contributed by atoms with Gasteiger partial charge >= 0.3 is 12.3 Å². The molecule has 40 heavy (non-hydrogen) atoms. The van der Waals surface area contributed by atoms with Crippen molar-refractivity contribution in [2.45, 2.75) is 63.6 Å². The van der Waals surface area contributed by atoms with Crippen LogP contribution in [0, 0.1) is 22.2 Å². The molecule has 3 fully saturated rings. The molecule has 0 spiro atoms. The normalized spacial score (nSPS) is 28.4. The Morgan fingerprint density at radius 3 is 2.65 bits per heavy atom. The van der Waals surface area contributed by atoms with Crippen molar-refractivity contribution in [1.82, 2.24) is 20.1 Å².